The molecule has 3 heterocycles. The van der Waals surface area contributed by atoms with E-state index in [1.807, 2.05) is 0 Å². The molecule has 3 saturated heterocycles. The van der Waals surface area contributed by atoms with Crippen molar-refractivity contribution in [3.63, 3.8) is 0 Å². The number of piperazine rings is 1. The quantitative estimate of drug-likeness (QED) is 0.783. The Bertz CT molecular complexity index is 323. The molecular formula is C14H24N2O3. The van der Waals surface area contributed by atoms with Gasteiger partial charge in [-0.3, -0.25) is 9.69 Å². The molecule has 0 radical (unpaired) electrons. The van der Waals surface area contributed by atoms with Crippen LogP contribution in [0.4, 0.5) is 0 Å². The van der Waals surface area contributed by atoms with Crippen molar-refractivity contribution in [3.05, 3.63) is 0 Å². The average molecular weight is 268 g/mol. The molecule has 0 amide bonds. The van der Waals surface area contributed by atoms with Crippen LogP contribution in [0, 0.1) is 5.92 Å². The first-order valence-electron chi connectivity index (χ1n) is 7.45. The van der Waals surface area contributed by atoms with Gasteiger partial charge in [0.2, 0.25) is 0 Å². The summed E-state index contributed by atoms with van der Waals surface area (Å²) in [7, 11) is 0. The topological polar surface area (TPSA) is 50.8 Å². The van der Waals surface area contributed by atoms with E-state index in [2.05, 4.69) is 10.2 Å². The SMILES string of the molecule is O=C(CN1CCNCC1)C1CCOC2(CCOC2)C1. The first-order valence-corrected chi connectivity index (χ1v) is 7.45. The number of ketones is 1. The highest BCUT2D eigenvalue weighted by atomic mass is 16.6. The summed E-state index contributed by atoms with van der Waals surface area (Å²) in [5.41, 5.74) is -0.151. The smallest absolute Gasteiger partial charge is 0.150 e. The Morgan fingerprint density at radius 2 is 2.16 bits per heavy atom. The van der Waals surface area contributed by atoms with Gasteiger partial charge in [-0.15, -0.1) is 0 Å². The van der Waals surface area contributed by atoms with Crippen LogP contribution >= 0.6 is 0 Å². The maximum absolute atomic E-state index is 12.4. The van der Waals surface area contributed by atoms with Gasteiger partial charge < -0.3 is 14.8 Å². The maximum Gasteiger partial charge on any atom is 0.150 e. The van der Waals surface area contributed by atoms with Crippen molar-refractivity contribution in [1.29, 1.82) is 0 Å². The molecule has 5 nitrogen and oxygen atoms in total. The van der Waals surface area contributed by atoms with Crippen LogP contribution in [0.25, 0.3) is 0 Å². The number of hydrogen-bond donors (Lipinski definition) is 1. The van der Waals surface area contributed by atoms with Crippen molar-refractivity contribution < 1.29 is 14.3 Å². The van der Waals surface area contributed by atoms with Crippen LogP contribution in [0.5, 0.6) is 0 Å². The molecule has 0 aliphatic carbocycles. The lowest BCUT2D eigenvalue weighted by Gasteiger charge is -2.37. The Labute approximate surface area is 114 Å². The Hall–Kier alpha value is -0.490. The summed E-state index contributed by atoms with van der Waals surface area (Å²) in [5, 5.41) is 3.32. The number of Topliss-reactive ketones (excluding diaryl/α,β-unsaturated/α-hetero) is 1. The molecule has 0 aromatic carbocycles. The van der Waals surface area contributed by atoms with Gasteiger partial charge >= 0.3 is 0 Å². The molecule has 1 N–H and O–H groups in total. The summed E-state index contributed by atoms with van der Waals surface area (Å²) in [4.78, 5) is 14.7. The molecule has 3 fully saturated rings. The molecule has 5 heteroatoms. The van der Waals surface area contributed by atoms with Crippen molar-refractivity contribution in [2.75, 3.05) is 52.5 Å². The van der Waals surface area contributed by atoms with E-state index in [1.54, 1.807) is 0 Å². The summed E-state index contributed by atoms with van der Waals surface area (Å²) in [6, 6.07) is 0. The fourth-order valence-electron chi connectivity index (χ4n) is 3.38. The third kappa shape index (κ3) is 3.16. The molecule has 0 aromatic rings. The third-order valence-electron chi connectivity index (χ3n) is 4.60. The summed E-state index contributed by atoms with van der Waals surface area (Å²) >= 11 is 0. The van der Waals surface area contributed by atoms with Crippen LogP contribution in [0.2, 0.25) is 0 Å². The van der Waals surface area contributed by atoms with Gasteiger partial charge in [-0.2, -0.15) is 0 Å². The van der Waals surface area contributed by atoms with Crippen molar-refractivity contribution in [2.24, 2.45) is 5.92 Å². The lowest BCUT2D eigenvalue weighted by molar-refractivity contribution is -0.138. The Balaban J connectivity index is 1.54. The molecule has 1 spiro atoms. The lowest BCUT2D eigenvalue weighted by atomic mass is 9.83. The Morgan fingerprint density at radius 3 is 2.89 bits per heavy atom. The van der Waals surface area contributed by atoms with E-state index in [-0.39, 0.29) is 11.5 Å². The molecule has 2 atom stereocenters. The van der Waals surface area contributed by atoms with Gasteiger partial charge in [-0.1, -0.05) is 0 Å². The fraction of sp³-hybridized carbons (Fsp3) is 0.929. The summed E-state index contributed by atoms with van der Waals surface area (Å²) in [5.74, 6) is 0.571. The van der Waals surface area contributed by atoms with Gasteiger partial charge in [0.05, 0.1) is 18.8 Å². The number of nitrogens with one attached hydrogen (secondary N) is 1. The van der Waals surface area contributed by atoms with Crippen LogP contribution < -0.4 is 5.32 Å². The van der Waals surface area contributed by atoms with Crippen molar-refractivity contribution >= 4 is 5.78 Å². The standard InChI is InChI=1S/C14H24N2O3/c17-13(10-16-5-3-15-4-6-16)12-1-7-19-14(9-12)2-8-18-11-14/h12,15H,1-11H2. The second-order valence-corrected chi connectivity index (χ2v) is 6.02. The zero-order valence-electron chi connectivity index (χ0n) is 11.5. The average Bonchev–Trinajstić information content (AvgIpc) is 2.88. The number of nitrogens with zero attached hydrogens (tertiary/aromatic N) is 1. The Kier molecular flexibility index (Phi) is 4.17. The van der Waals surface area contributed by atoms with Gasteiger partial charge in [0, 0.05) is 51.7 Å². The monoisotopic (exact) mass is 268 g/mol. The number of rotatable bonds is 3. The molecule has 108 valence electrons. The third-order valence-corrected chi connectivity index (χ3v) is 4.60. The van der Waals surface area contributed by atoms with Crippen LogP contribution in [0.15, 0.2) is 0 Å². The predicted molar refractivity (Wildman–Crippen MR) is 71.2 cm³/mol. The van der Waals surface area contributed by atoms with Gasteiger partial charge in [0.15, 0.2) is 0 Å². The largest absolute Gasteiger partial charge is 0.378 e. The van der Waals surface area contributed by atoms with Gasteiger partial charge in [0.1, 0.15) is 5.78 Å². The highest BCUT2D eigenvalue weighted by molar-refractivity contribution is 5.83. The van der Waals surface area contributed by atoms with Crippen molar-refractivity contribution in [2.45, 2.75) is 24.9 Å². The number of carbonyl (C=O) groups excluding carboxylic acids is 1. The fourth-order valence-corrected chi connectivity index (χ4v) is 3.38. The van der Waals surface area contributed by atoms with Gasteiger partial charge in [-0.05, 0) is 12.8 Å². The van der Waals surface area contributed by atoms with Crippen molar-refractivity contribution in [1.82, 2.24) is 10.2 Å². The van der Waals surface area contributed by atoms with E-state index in [9.17, 15) is 4.79 Å². The minimum atomic E-state index is -0.151. The van der Waals surface area contributed by atoms with Crippen molar-refractivity contribution in [3.8, 4) is 0 Å². The molecule has 3 aliphatic rings. The van der Waals surface area contributed by atoms with E-state index < -0.39 is 0 Å². The molecule has 0 saturated carbocycles. The molecular weight excluding hydrogens is 244 g/mol. The highest BCUT2D eigenvalue weighted by Crippen LogP contribution is 2.36. The van der Waals surface area contributed by atoms with Gasteiger partial charge in [-0.25, -0.2) is 0 Å². The van der Waals surface area contributed by atoms with E-state index in [0.29, 0.717) is 25.5 Å². The summed E-state index contributed by atoms with van der Waals surface area (Å²) < 4.78 is 11.4. The Morgan fingerprint density at radius 1 is 1.32 bits per heavy atom. The summed E-state index contributed by atoms with van der Waals surface area (Å²) in [6.07, 6.45) is 2.69. The van der Waals surface area contributed by atoms with Crippen LogP contribution in [-0.4, -0.2) is 68.8 Å². The van der Waals surface area contributed by atoms with E-state index in [4.69, 9.17) is 9.47 Å². The highest BCUT2D eigenvalue weighted by Gasteiger charge is 2.42. The first kappa shape index (κ1) is 13.5. The van der Waals surface area contributed by atoms with Crippen LogP contribution in [0.1, 0.15) is 19.3 Å². The van der Waals surface area contributed by atoms with E-state index in [0.717, 1.165) is 52.0 Å². The first-order chi connectivity index (χ1) is 9.27. The predicted octanol–water partition coefficient (Wildman–Crippen LogP) is 0.0464. The van der Waals surface area contributed by atoms with E-state index >= 15 is 0 Å². The molecule has 0 aromatic heterocycles. The van der Waals surface area contributed by atoms with Gasteiger partial charge in [0.25, 0.3) is 0 Å². The number of hydrogen-bond acceptors (Lipinski definition) is 5. The second kappa shape index (κ2) is 5.87. The second-order valence-electron chi connectivity index (χ2n) is 6.02. The molecule has 3 rings (SSSR count). The lowest BCUT2D eigenvalue weighted by Crippen LogP contribution is -2.48. The zero-order chi connectivity index (χ0) is 13.1. The number of carbonyl (C=O) groups is 1. The van der Waals surface area contributed by atoms with E-state index in [1.165, 1.54) is 0 Å². The summed E-state index contributed by atoms with van der Waals surface area (Å²) in [6.45, 7) is 6.75. The molecule has 3 aliphatic heterocycles. The van der Waals surface area contributed by atoms with Crippen LogP contribution in [0.3, 0.4) is 0 Å². The molecule has 19 heavy (non-hydrogen) atoms. The normalized spacial score (nSPS) is 36.7. The number of ether oxygens (including phenoxy) is 2. The minimum Gasteiger partial charge on any atom is -0.378 e. The molecule has 2 unspecified atom stereocenters. The minimum absolute atomic E-state index is 0.151. The zero-order valence-corrected chi connectivity index (χ0v) is 11.5. The molecule has 0 bridgehead atoms. The maximum atomic E-state index is 12.4. The van der Waals surface area contributed by atoms with Crippen LogP contribution in [-0.2, 0) is 14.3 Å².